The van der Waals surface area contributed by atoms with Gasteiger partial charge in [-0.3, -0.25) is 4.79 Å². The van der Waals surface area contributed by atoms with Crippen LogP contribution in [0.2, 0.25) is 0 Å². The summed E-state index contributed by atoms with van der Waals surface area (Å²) in [4.78, 5) is 11.2. The van der Waals surface area contributed by atoms with Crippen LogP contribution in [0.4, 0.5) is 17.6 Å². The molecule has 0 bridgehead atoms. The number of alkyl halides is 3. The topological polar surface area (TPSA) is 64.3 Å². The molecule has 0 aromatic heterocycles. The van der Waals surface area contributed by atoms with Gasteiger partial charge in [-0.15, -0.1) is 0 Å². The highest BCUT2D eigenvalue weighted by atomic mass is 19.4. The van der Waals surface area contributed by atoms with Crippen molar-refractivity contribution in [2.75, 3.05) is 13.2 Å². The van der Waals surface area contributed by atoms with Crippen LogP contribution < -0.4 is 11.1 Å². The molecule has 1 aromatic rings. The third-order valence-corrected chi connectivity index (χ3v) is 2.33. The number of halogens is 4. The van der Waals surface area contributed by atoms with Crippen LogP contribution in [0.5, 0.6) is 0 Å². The van der Waals surface area contributed by atoms with Gasteiger partial charge in [-0.1, -0.05) is 12.1 Å². The van der Waals surface area contributed by atoms with Crippen molar-refractivity contribution in [2.45, 2.75) is 19.3 Å². The van der Waals surface area contributed by atoms with Crippen LogP contribution in [-0.4, -0.2) is 25.3 Å². The lowest BCUT2D eigenvalue weighted by molar-refractivity contribution is -0.175. The second-order valence-electron chi connectivity index (χ2n) is 4.01. The van der Waals surface area contributed by atoms with E-state index in [1.807, 2.05) is 0 Å². The van der Waals surface area contributed by atoms with Crippen LogP contribution in [0.3, 0.4) is 0 Å². The van der Waals surface area contributed by atoms with Gasteiger partial charge in [0.25, 0.3) is 0 Å². The summed E-state index contributed by atoms with van der Waals surface area (Å²) in [6, 6.07) is 4.29. The first-order valence-corrected chi connectivity index (χ1v) is 5.70. The fraction of sp³-hybridized carbons (Fsp3) is 0.417. The van der Waals surface area contributed by atoms with Gasteiger partial charge in [-0.2, -0.15) is 13.2 Å². The molecule has 0 spiro atoms. The highest BCUT2D eigenvalue weighted by Crippen LogP contribution is 2.14. The van der Waals surface area contributed by atoms with Crippen molar-refractivity contribution in [3.8, 4) is 0 Å². The number of carbonyl (C=O) groups is 1. The molecule has 1 rings (SSSR count). The number of nitrogens with one attached hydrogen (secondary N) is 1. The summed E-state index contributed by atoms with van der Waals surface area (Å²) in [7, 11) is 0. The van der Waals surface area contributed by atoms with Crippen LogP contribution in [0.15, 0.2) is 18.2 Å². The fourth-order valence-corrected chi connectivity index (χ4v) is 1.37. The van der Waals surface area contributed by atoms with E-state index in [-0.39, 0.29) is 18.7 Å². The number of benzene rings is 1. The summed E-state index contributed by atoms with van der Waals surface area (Å²) < 4.78 is 53.0. The van der Waals surface area contributed by atoms with Gasteiger partial charge in [0.05, 0.1) is 0 Å². The Labute approximate surface area is 112 Å². The first-order chi connectivity index (χ1) is 9.31. The Morgan fingerprint density at radius 2 is 2.05 bits per heavy atom. The largest absolute Gasteiger partial charge is 0.411 e. The van der Waals surface area contributed by atoms with Crippen LogP contribution in [0.1, 0.15) is 11.1 Å². The van der Waals surface area contributed by atoms with Crippen molar-refractivity contribution in [1.29, 1.82) is 0 Å². The average Bonchev–Trinajstić information content (AvgIpc) is 2.35. The Morgan fingerprint density at radius 3 is 2.60 bits per heavy atom. The van der Waals surface area contributed by atoms with Gasteiger partial charge in [0.2, 0.25) is 5.91 Å². The molecule has 3 N–H and O–H groups in total. The lowest BCUT2D eigenvalue weighted by atomic mass is 10.1. The minimum atomic E-state index is -4.48. The number of carbonyl (C=O) groups excluding carboxylic acids is 1. The van der Waals surface area contributed by atoms with Crippen LogP contribution in [-0.2, 0) is 22.6 Å². The zero-order chi connectivity index (χ0) is 15.2. The molecule has 1 aromatic carbocycles. The quantitative estimate of drug-likeness (QED) is 0.781. The summed E-state index contributed by atoms with van der Waals surface area (Å²) in [5, 5.41) is 2.26. The zero-order valence-corrected chi connectivity index (χ0v) is 10.5. The maximum Gasteiger partial charge on any atom is 0.411 e. The molecular weight excluding hydrogens is 280 g/mol. The second kappa shape index (κ2) is 7.20. The highest BCUT2D eigenvalue weighted by Gasteiger charge is 2.27. The van der Waals surface area contributed by atoms with Gasteiger partial charge >= 0.3 is 6.18 Å². The molecule has 0 heterocycles. The van der Waals surface area contributed by atoms with E-state index >= 15 is 0 Å². The van der Waals surface area contributed by atoms with E-state index in [1.165, 1.54) is 12.1 Å². The molecule has 0 aliphatic heterocycles. The lowest BCUT2D eigenvalue weighted by Crippen LogP contribution is -2.29. The molecule has 112 valence electrons. The van der Waals surface area contributed by atoms with Crippen molar-refractivity contribution < 1.29 is 27.1 Å². The van der Waals surface area contributed by atoms with Crippen molar-refractivity contribution in [3.05, 3.63) is 35.1 Å². The molecule has 0 aliphatic rings. The van der Waals surface area contributed by atoms with E-state index < -0.39 is 31.1 Å². The number of hydrogen-bond acceptors (Lipinski definition) is 3. The summed E-state index contributed by atoms with van der Waals surface area (Å²) in [6.45, 7) is -2.18. The average molecular weight is 294 g/mol. The molecule has 0 fully saturated rings. The van der Waals surface area contributed by atoms with Gasteiger partial charge in [-0.25, -0.2) is 4.39 Å². The van der Waals surface area contributed by atoms with E-state index in [0.29, 0.717) is 5.56 Å². The predicted octanol–water partition coefficient (Wildman–Crippen LogP) is 1.48. The summed E-state index contributed by atoms with van der Waals surface area (Å²) >= 11 is 0. The van der Waals surface area contributed by atoms with Gasteiger partial charge < -0.3 is 15.8 Å². The molecule has 0 saturated heterocycles. The van der Waals surface area contributed by atoms with Crippen molar-refractivity contribution in [3.63, 3.8) is 0 Å². The molecule has 0 aliphatic carbocycles. The fourth-order valence-electron chi connectivity index (χ4n) is 1.37. The second-order valence-corrected chi connectivity index (χ2v) is 4.01. The van der Waals surface area contributed by atoms with Crippen LogP contribution in [0.25, 0.3) is 0 Å². The van der Waals surface area contributed by atoms with Crippen molar-refractivity contribution in [1.82, 2.24) is 5.32 Å². The number of nitrogens with two attached hydrogens (primary N) is 1. The Hall–Kier alpha value is -1.67. The SMILES string of the molecule is NCc1ccc(CNC(=O)COCC(F)(F)F)c(F)c1. The monoisotopic (exact) mass is 294 g/mol. The van der Waals surface area contributed by atoms with Crippen molar-refractivity contribution >= 4 is 5.91 Å². The van der Waals surface area contributed by atoms with Gasteiger partial charge in [0.15, 0.2) is 0 Å². The molecule has 0 unspecified atom stereocenters. The Bertz CT molecular complexity index is 463. The number of hydrogen-bond donors (Lipinski definition) is 2. The van der Waals surface area contributed by atoms with E-state index in [4.69, 9.17) is 5.73 Å². The third kappa shape index (κ3) is 5.98. The van der Waals surface area contributed by atoms with Gasteiger partial charge in [-0.05, 0) is 11.6 Å². The van der Waals surface area contributed by atoms with Crippen LogP contribution in [0, 0.1) is 5.82 Å². The Balaban J connectivity index is 2.37. The molecule has 20 heavy (non-hydrogen) atoms. The minimum absolute atomic E-state index is 0.134. The molecular formula is C12H14F4N2O2. The summed E-state index contributed by atoms with van der Waals surface area (Å²) in [6.07, 6.45) is -4.48. The first-order valence-electron chi connectivity index (χ1n) is 5.70. The lowest BCUT2D eigenvalue weighted by Gasteiger charge is -2.09. The zero-order valence-electron chi connectivity index (χ0n) is 10.5. The smallest absolute Gasteiger partial charge is 0.362 e. The number of rotatable bonds is 6. The van der Waals surface area contributed by atoms with E-state index in [9.17, 15) is 22.4 Å². The maximum atomic E-state index is 13.5. The van der Waals surface area contributed by atoms with Gasteiger partial charge in [0, 0.05) is 18.7 Å². The minimum Gasteiger partial charge on any atom is -0.362 e. The van der Waals surface area contributed by atoms with Crippen LogP contribution >= 0.6 is 0 Å². The molecule has 8 heteroatoms. The molecule has 1 amide bonds. The van der Waals surface area contributed by atoms with Crippen molar-refractivity contribution in [2.24, 2.45) is 5.73 Å². The number of amides is 1. The van der Waals surface area contributed by atoms with E-state index in [2.05, 4.69) is 10.1 Å². The molecule has 0 saturated carbocycles. The molecule has 4 nitrogen and oxygen atoms in total. The standard InChI is InChI=1S/C12H14F4N2O2/c13-10-3-8(4-17)1-2-9(10)5-18-11(19)6-20-7-12(14,15)16/h1-3H,4-7,17H2,(H,18,19). The number of ether oxygens (including phenoxy) is 1. The normalized spacial score (nSPS) is 11.4. The Morgan fingerprint density at radius 1 is 1.35 bits per heavy atom. The predicted molar refractivity (Wildman–Crippen MR) is 63.0 cm³/mol. The van der Waals surface area contributed by atoms with E-state index in [1.54, 1.807) is 6.07 Å². The molecule has 0 radical (unpaired) electrons. The summed E-state index contributed by atoms with van der Waals surface area (Å²) in [5.41, 5.74) is 6.15. The molecule has 0 atom stereocenters. The first kappa shape index (κ1) is 16.4. The van der Waals surface area contributed by atoms with Gasteiger partial charge in [0.1, 0.15) is 19.0 Å². The summed E-state index contributed by atoms with van der Waals surface area (Å²) in [5.74, 6) is -1.29. The third-order valence-electron chi connectivity index (χ3n) is 2.33. The maximum absolute atomic E-state index is 13.5. The van der Waals surface area contributed by atoms with E-state index in [0.717, 1.165) is 0 Å². The Kier molecular flexibility index (Phi) is 5.90. The highest BCUT2D eigenvalue weighted by molar-refractivity contribution is 5.77.